The largest absolute Gasteiger partial charge is 0.398 e. The highest BCUT2D eigenvalue weighted by atomic mass is 32.2. The van der Waals surface area contributed by atoms with Crippen LogP contribution in [0.3, 0.4) is 0 Å². The molecule has 2 heterocycles. The first-order valence-corrected chi connectivity index (χ1v) is 5.63. The van der Waals surface area contributed by atoms with E-state index < -0.39 is 0 Å². The smallest absolute Gasteiger partial charge is 0.230 e. The topological polar surface area (TPSA) is 85.3 Å². The Morgan fingerprint density at radius 2 is 2.38 bits per heavy atom. The molecule has 0 aliphatic heterocycles. The van der Waals surface area contributed by atoms with Gasteiger partial charge < -0.3 is 11.1 Å². The number of carbonyl (C=O) groups is 1. The van der Waals surface area contributed by atoms with Crippen LogP contribution in [0.1, 0.15) is 0 Å². The van der Waals surface area contributed by atoms with Crippen LogP contribution in [0.2, 0.25) is 0 Å². The highest BCUT2D eigenvalue weighted by Crippen LogP contribution is 2.17. The van der Waals surface area contributed by atoms with Crippen molar-refractivity contribution in [2.24, 2.45) is 0 Å². The van der Waals surface area contributed by atoms with Crippen molar-refractivity contribution in [3.05, 3.63) is 18.3 Å². The summed E-state index contributed by atoms with van der Waals surface area (Å²) in [7, 11) is 1.60. The van der Waals surface area contributed by atoms with E-state index >= 15 is 0 Å². The highest BCUT2D eigenvalue weighted by Gasteiger charge is 2.08. The Morgan fingerprint density at radius 3 is 3.12 bits per heavy atom. The van der Waals surface area contributed by atoms with Gasteiger partial charge in [-0.1, -0.05) is 11.8 Å². The monoisotopic (exact) mass is 237 g/mol. The van der Waals surface area contributed by atoms with Gasteiger partial charge in [0.2, 0.25) is 5.91 Å². The molecule has 0 spiro atoms. The fourth-order valence-electron chi connectivity index (χ4n) is 1.19. The molecule has 0 aliphatic rings. The fourth-order valence-corrected chi connectivity index (χ4v) is 1.98. The van der Waals surface area contributed by atoms with E-state index in [-0.39, 0.29) is 5.91 Å². The average Bonchev–Trinajstić information content (AvgIpc) is 2.68. The molecule has 1 amide bonds. The third kappa shape index (κ3) is 2.08. The molecule has 0 unspecified atom stereocenters. The molecule has 0 atom stereocenters. The van der Waals surface area contributed by atoms with Crippen LogP contribution in [-0.4, -0.2) is 33.3 Å². The first-order chi connectivity index (χ1) is 7.70. The molecule has 0 saturated carbocycles. The number of rotatable bonds is 3. The average molecular weight is 237 g/mol. The van der Waals surface area contributed by atoms with Crippen LogP contribution in [0.25, 0.3) is 5.65 Å². The van der Waals surface area contributed by atoms with Crippen LogP contribution >= 0.6 is 11.8 Å². The zero-order valence-electron chi connectivity index (χ0n) is 8.67. The maximum Gasteiger partial charge on any atom is 0.230 e. The number of pyridine rings is 1. The van der Waals surface area contributed by atoms with Gasteiger partial charge >= 0.3 is 0 Å². The van der Waals surface area contributed by atoms with Gasteiger partial charge in [-0.3, -0.25) is 9.20 Å². The number of hydrogen-bond acceptors (Lipinski definition) is 5. The van der Waals surface area contributed by atoms with Gasteiger partial charge in [0.1, 0.15) is 0 Å². The van der Waals surface area contributed by atoms with Crippen LogP contribution < -0.4 is 11.1 Å². The van der Waals surface area contributed by atoms with E-state index in [4.69, 9.17) is 5.73 Å². The summed E-state index contributed by atoms with van der Waals surface area (Å²) in [5, 5.41) is 11.2. The molecule has 2 aromatic rings. The second kappa shape index (κ2) is 4.40. The van der Waals surface area contributed by atoms with Crippen LogP contribution in [0.4, 0.5) is 5.69 Å². The summed E-state index contributed by atoms with van der Waals surface area (Å²) in [5.74, 6) is 0.261. The second-order valence-corrected chi connectivity index (χ2v) is 4.08. The number of nitrogen functional groups attached to an aromatic ring is 1. The van der Waals surface area contributed by atoms with Crippen molar-refractivity contribution >= 4 is 29.0 Å². The SMILES string of the molecule is CNC(=O)CSc1nnc2ccc(N)cn12. The van der Waals surface area contributed by atoms with E-state index in [2.05, 4.69) is 15.5 Å². The summed E-state index contributed by atoms with van der Waals surface area (Å²) in [6.07, 6.45) is 1.74. The third-order valence-corrected chi connectivity index (χ3v) is 2.95. The molecule has 0 bridgehead atoms. The molecule has 0 fully saturated rings. The number of fused-ring (bicyclic) bond motifs is 1. The molecule has 0 aromatic carbocycles. The lowest BCUT2D eigenvalue weighted by molar-refractivity contribution is -0.118. The van der Waals surface area contributed by atoms with Crippen LogP contribution in [0.5, 0.6) is 0 Å². The van der Waals surface area contributed by atoms with Crippen LogP contribution in [-0.2, 0) is 4.79 Å². The van der Waals surface area contributed by atoms with Gasteiger partial charge in [0.05, 0.1) is 5.75 Å². The first-order valence-electron chi connectivity index (χ1n) is 4.64. The molecular weight excluding hydrogens is 226 g/mol. The molecule has 2 aromatic heterocycles. The second-order valence-electron chi connectivity index (χ2n) is 3.14. The van der Waals surface area contributed by atoms with Crippen molar-refractivity contribution in [2.75, 3.05) is 18.5 Å². The summed E-state index contributed by atoms with van der Waals surface area (Å²) in [6, 6.07) is 3.55. The van der Waals surface area contributed by atoms with Crippen molar-refractivity contribution in [1.29, 1.82) is 0 Å². The zero-order chi connectivity index (χ0) is 11.5. The van der Waals surface area contributed by atoms with Gasteiger partial charge in [0, 0.05) is 18.9 Å². The molecular formula is C9H11N5OS. The van der Waals surface area contributed by atoms with Gasteiger partial charge in [0.15, 0.2) is 10.8 Å². The van der Waals surface area contributed by atoms with Gasteiger partial charge in [-0.25, -0.2) is 0 Å². The van der Waals surface area contributed by atoms with E-state index in [1.54, 1.807) is 29.8 Å². The number of aromatic nitrogens is 3. The Morgan fingerprint density at radius 1 is 1.56 bits per heavy atom. The lowest BCUT2D eigenvalue weighted by Crippen LogP contribution is -2.19. The van der Waals surface area contributed by atoms with Crippen LogP contribution in [0, 0.1) is 0 Å². The molecule has 7 heteroatoms. The Bertz CT molecular complexity index is 524. The molecule has 3 N–H and O–H groups in total. The molecule has 0 aliphatic carbocycles. The van der Waals surface area contributed by atoms with Crippen LogP contribution in [0.15, 0.2) is 23.5 Å². The summed E-state index contributed by atoms with van der Waals surface area (Å²) in [5.41, 5.74) is 7.02. The maximum absolute atomic E-state index is 11.1. The number of thioether (sulfide) groups is 1. The van der Waals surface area contributed by atoms with E-state index in [1.165, 1.54) is 11.8 Å². The lowest BCUT2D eigenvalue weighted by atomic mass is 10.4. The normalized spacial score (nSPS) is 10.6. The number of anilines is 1. The summed E-state index contributed by atoms with van der Waals surface area (Å²) < 4.78 is 1.77. The van der Waals surface area contributed by atoms with Gasteiger partial charge in [-0.05, 0) is 12.1 Å². The number of hydrogen-bond donors (Lipinski definition) is 2. The predicted octanol–water partition coefficient (Wildman–Crippen LogP) is 0.150. The van der Waals surface area contributed by atoms with E-state index in [0.717, 1.165) is 0 Å². The molecule has 0 radical (unpaired) electrons. The fraction of sp³-hybridized carbons (Fsp3) is 0.222. The molecule has 0 saturated heterocycles. The Balaban J connectivity index is 2.24. The van der Waals surface area contributed by atoms with Crippen molar-refractivity contribution in [1.82, 2.24) is 19.9 Å². The van der Waals surface area contributed by atoms with E-state index in [1.807, 2.05) is 0 Å². The quantitative estimate of drug-likeness (QED) is 0.742. The minimum Gasteiger partial charge on any atom is -0.398 e. The van der Waals surface area contributed by atoms with Crippen molar-refractivity contribution < 1.29 is 4.79 Å². The number of carbonyl (C=O) groups excluding carboxylic acids is 1. The van der Waals surface area contributed by atoms with Gasteiger partial charge in [-0.2, -0.15) is 0 Å². The van der Waals surface area contributed by atoms with Crippen molar-refractivity contribution in [3.63, 3.8) is 0 Å². The zero-order valence-corrected chi connectivity index (χ0v) is 9.49. The standard InChI is InChI=1S/C9H11N5OS/c1-11-8(15)5-16-9-13-12-7-3-2-6(10)4-14(7)9/h2-4H,5,10H2,1H3,(H,11,15). The predicted molar refractivity (Wildman–Crippen MR) is 62.2 cm³/mol. The Kier molecular flexibility index (Phi) is 2.95. The molecule has 84 valence electrons. The number of nitrogens with one attached hydrogen (secondary N) is 1. The summed E-state index contributed by atoms with van der Waals surface area (Å²) >= 11 is 1.32. The molecule has 2 rings (SSSR count). The van der Waals surface area contributed by atoms with Crippen molar-refractivity contribution in [3.8, 4) is 0 Å². The summed E-state index contributed by atoms with van der Waals surface area (Å²) in [6.45, 7) is 0. The Labute approximate surface area is 96.2 Å². The lowest BCUT2D eigenvalue weighted by Gasteiger charge is -2.00. The minimum atomic E-state index is -0.0503. The number of amides is 1. The number of nitrogens with two attached hydrogens (primary N) is 1. The maximum atomic E-state index is 11.1. The minimum absolute atomic E-state index is 0.0503. The van der Waals surface area contributed by atoms with E-state index in [0.29, 0.717) is 22.2 Å². The third-order valence-electron chi connectivity index (χ3n) is 2.01. The van der Waals surface area contributed by atoms with Crippen molar-refractivity contribution in [2.45, 2.75) is 5.16 Å². The highest BCUT2D eigenvalue weighted by molar-refractivity contribution is 7.99. The van der Waals surface area contributed by atoms with Gasteiger partial charge in [0.25, 0.3) is 0 Å². The number of nitrogens with zero attached hydrogens (tertiary/aromatic N) is 3. The molecule has 16 heavy (non-hydrogen) atoms. The summed E-state index contributed by atoms with van der Waals surface area (Å²) in [4.78, 5) is 11.1. The van der Waals surface area contributed by atoms with Gasteiger partial charge in [-0.15, -0.1) is 10.2 Å². The van der Waals surface area contributed by atoms with E-state index in [9.17, 15) is 4.79 Å². The first kappa shape index (κ1) is 10.7. The Hall–Kier alpha value is -1.76. The molecule has 6 nitrogen and oxygen atoms in total.